The van der Waals surface area contributed by atoms with Crippen molar-refractivity contribution in [3.05, 3.63) is 16.9 Å². The van der Waals surface area contributed by atoms with Crippen molar-refractivity contribution in [3.8, 4) is 5.88 Å². The molecule has 96 valence electrons. The Morgan fingerprint density at radius 3 is 3.17 bits per heavy atom. The molecule has 1 unspecified atom stereocenters. The summed E-state index contributed by atoms with van der Waals surface area (Å²) < 4.78 is 13.4. The fourth-order valence-electron chi connectivity index (χ4n) is 2.36. The molecule has 0 amide bonds. The number of pyridine rings is 1. The van der Waals surface area contributed by atoms with Crippen molar-refractivity contribution in [2.75, 3.05) is 20.3 Å². The maximum Gasteiger partial charge on any atom is 0.215 e. The molecule has 0 aromatic carbocycles. The Kier molecular flexibility index (Phi) is 3.05. The molecular formula is C12H15N3O2S. The van der Waals surface area contributed by atoms with E-state index < -0.39 is 0 Å². The first kappa shape index (κ1) is 11.7. The van der Waals surface area contributed by atoms with Crippen molar-refractivity contribution < 1.29 is 9.47 Å². The minimum Gasteiger partial charge on any atom is -0.481 e. The maximum atomic E-state index is 5.53. The van der Waals surface area contributed by atoms with Crippen molar-refractivity contribution in [2.24, 2.45) is 0 Å². The summed E-state index contributed by atoms with van der Waals surface area (Å²) in [5, 5.41) is 0. The van der Waals surface area contributed by atoms with Crippen molar-refractivity contribution in [3.63, 3.8) is 0 Å². The first-order valence-corrected chi connectivity index (χ1v) is 6.43. The largest absolute Gasteiger partial charge is 0.481 e. The summed E-state index contributed by atoms with van der Waals surface area (Å²) in [7, 11) is 1.61. The Labute approximate surface area is 110 Å². The van der Waals surface area contributed by atoms with Crippen LogP contribution in [0.15, 0.2) is 12.1 Å². The molecule has 1 N–H and O–H groups in total. The third-order valence-corrected chi connectivity index (χ3v) is 3.55. The second-order valence-corrected chi connectivity index (χ2v) is 4.78. The van der Waals surface area contributed by atoms with Crippen LogP contribution in [0, 0.1) is 4.77 Å². The van der Waals surface area contributed by atoms with E-state index in [1.54, 1.807) is 7.11 Å². The molecule has 0 aliphatic carbocycles. The lowest BCUT2D eigenvalue weighted by molar-refractivity contribution is 0.0598. The van der Waals surface area contributed by atoms with Crippen molar-refractivity contribution in [2.45, 2.75) is 18.9 Å². The maximum absolute atomic E-state index is 5.53. The molecule has 6 heteroatoms. The van der Waals surface area contributed by atoms with Gasteiger partial charge in [0.1, 0.15) is 0 Å². The summed E-state index contributed by atoms with van der Waals surface area (Å²) >= 11 is 5.38. The highest BCUT2D eigenvalue weighted by molar-refractivity contribution is 7.71. The van der Waals surface area contributed by atoms with E-state index in [1.807, 2.05) is 16.7 Å². The van der Waals surface area contributed by atoms with Crippen molar-refractivity contribution >= 4 is 23.4 Å². The number of imidazole rings is 1. The third-order valence-electron chi connectivity index (χ3n) is 3.25. The lowest BCUT2D eigenvalue weighted by Gasteiger charge is -2.23. The molecule has 0 saturated carbocycles. The van der Waals surface area contributed by atoms with Gasteiger partial charge in [-0.05, 0) is 31.1 Å². The van der Waals surface area contributed by atoms with Gasteiger partial charge in [-0.25, -0.2) is 0 Å². The first-order valence-electron chi connectivity index (χ1n) is 6.02. The predicted molar refractivity (Wildman–Crippen MR) is 70.6 cm³/mol. The summed E-state index contributed by atoms with van der Waals surface area (Å²) in [6.07, 6.45) is 2.13. The molecule has 0 bridgehead atoms. The zero-order valence-corrected chi connectivity index (χ0v) is 11.0. The quantitative estimate of drug-likeness (QED) is 0.847. The Hall–Kier alpha value is -1.40. The van der Waals surface area contributed by atoms with Crippen LogP contribution < -0.4 is 4.74 Å². The number of H-pyrrole nitrogens is 1. The van der Waals surface area contributed by atoms with Crippen LogP contribution in [-0.2, 0) is 4.74 Å². The molecule has 3 heterocycles. The molecular weight excluding hydrogens is 250 g/mol. The molecule has 5 nitrogen and oxygen atoms in total. The molecule has 1 fully saturated rings. The van der Waals surface area contributed by atoms with Gasteiger partial charge in [0, 0.05) is 12.7 Å². The number of nitrogens with one attached hydrogen (secondary N) is 1. The number of ether oxygens (including phenoxy) is 2. The molecule has 2 aromatic heterocycles. The number of rotatable bonds is 2. The lowest BCUT2D eigenvalue weighted by Crippen LogP contribution is -2.21. The van der Waals surface area contributed by atoms with Gasteiger partial charge >= 0.3 is 0 Å². The van der Waals surface area contributed by atoms with Crippen LogP contribution in [0.1, 0.15) is 18.9 Å². The summed E-state index contributed by atoms with van der Waals surface area (Å²) in [5.41, 5.74) is 1.78. The Morgan fingerprint density at radius 2 is 2.44 bits per heavy atom. The van der Waals surface area contributed by atoms with E-state index in [1.165, 1.54) is 0 Å². The van der Waals surface area contributed by atoms with Gasteiger partial charge in [0.25, 0.3) is 0 Å². The van der Waals surface area contributed by atoms with Gasteiger partial charge < -0.3 is 14.5 Å². The van der Waals surface area contributed by atoms with Crippen molar-refractivity contribution in [1.29, 1.82) is 0 Å². The highest BCUT2D eigenvalue weighted by Gasteiger charge is 2.20. The van der Waals surface area contributed by atoms with Crippen LogP contribution in [0.5, 0.6) is 5.88 Å². The van der Waals surface area contributed by atoms with E-state index in [0.717, 1.165) is 30.6 Å². The van der Waals surface area contributed by atoms with Crippen LogP contribution in [0.25, 0.3) is 11.2 Å². The number of fused-ring (bicyclic) bond motifs is 1. The minimum atomic E-state index is 0.264. The summed E-state index contributed by atoms with van der Waals surface area (Å²) in [6, 6.07) is 4.03. The van der Waals surface area contributed by atoms with E-state index >= 15 is 0 Å². The number of hydrogen-bond donors (Lipinski definition) is 1. The predicted octanol–water partition coefficient (Wildman–Crippen LogP) is 2.45. The van der Waals surface area contributed by atoms with Gasteiger partial charge in [-0.3, -0.25) is 4.57 Å². The average Bonchev–Trinajstić information content (AvgIpc) is 2.74. The van der Waals surface area contributed by atoms with E-state index in [4.69, 9.17) is 21.7 Å². The average molecular weight is 265 g/mol. The highest BCUT2D eigenvalue weighted by atomic mass is 32.1. The van der Waals surface area contributed by atoms with Crippen LogP contribution in [-0.4, -0.2) is 34.9 Å². The van der Waals surface area contributed by atoms with Gasteiger partial charge in [-0.15, -0.1) is 0 Å². The fraction of sp³-hybridized carbons (Fsp3) is 0.500. The Balaban J connectivity index is 2.13. The van der Waals surface area contributed by atoms with Crippen LogP contribution >= 0.6 is 12.2 Å². The third kappa shape index (κ3) is 1.91. The molecule has 1 aliphatic rings. The fourth-order valence-corrected chi connectivity index (χ4v) is 2.71. The minimum absolute atomic E-state index is 0.264. The second-order valence-electron chi connectivity index (χ2n) is 4.40. The SMILES string of the molecule is COc1ccc2[nH]c(=S)n(C3CCCOC3)c2n1. The molecule has 1 aliphatic heterocycles. The van der Waals surface area contributed by atoms with Gasteiger partial charge in [0.15, 0.2) is 10.4 Å². The van der Waals surface area contributed by atoms with Crippen LogP contribution in [0.3, 0.4) is 0 Å². The van der Waals surface area contributed by atoms with E-state index in [-0.39, 0.29) is 6.04 Å². The van der Waals surface area contributed by atoms with E-state index in [0.29, 0.717) is 17.3 Å². The zero-order chi connectivity index (χ0) is 12.5. The molecule has 0 spiro atoms. The number of hydrogen-bond acceptors (Lipinski definition) is 4. The van der Waals surface area contributed by atoms with Crippen LogP contribution in [0.2, 0.25) is 0 Å². The molecule has 1 saturated heterocycles. The molecule has 1 atom stereocenters. The molecule has 3 rings (SSSR count). The Bertz CT molecular complexity index is 613. The van der Waals surface area contributed by atoms with Crippen molar-refractivity contribution in [1.82, 2.24) is 14.5 Å². The van der Waals surface area contributed by atoms with Gasteiger partial charge in [0.2, 0.25) is 5.88 Å². The number of nitrogens with zero attached hydrogens (tertiary/aromatic N) is 2. The number of aromatic nitrogens is 3. The van der Waals surface area contributed by atoms with Crippen LogP contribution in [0.4, 0.5) is 0 Å². The smallest absolute Gasteiger partial charge is 0.215 e. The first-order chi connectivity index (χ1) is 8.79. The van der Waals surface area contributed by atoms with Gasteiger partial charge in [0.05, 0.1) is 25.3 Å². The summed E-state index contributed by atoms with van der Waals surface area (Å²) in [6.45, 7) is 1.53. The normalized spacial score (nSPS) is 20.2. The molecule has 2 aromatic rings. The Morgan fingerprint density at radius 1 is 1.56 bits per heavy atom. The topological polar surface area (TPSA) is 52.1 Å². The van der Waals surface area contributed by atoms with E-state index in [2.05, 4.69) is 9.97 Å². The standard InChI is InChI=1S/C12H15N3O2S/c1-16-10-5-4-9-11(14-10)15(12(18)13-9)8-3-2-6-17-7-8/h4-5,8H,2-3,6-7H2,1H3,(H,13,18). The zero-order valence-electron chi connectivity index (χ0n) is 10.2. The lowest BCUT2D eigenvalue weighted by atomic mass is 10.1. The molecule has 18 heavy (non-hydrogen) atoms. The van der Waals surface area contributed by atoms with Gasteiger partial charge in [-0.1, -0.05) is 0 Å². The summed E-state index contributed by atoms with van der Waals surface area (Å²) in [4.78, 5) is 7.66. The monoisotopic (exact) mass is 265 g/mol. The number of aromatic amines is 1. The highest BCUT2D eigenvalue weighted by Crippen LogP contribution is 2.25. The summed E-state index contributed by atoms with van der Waals surface area (Å²) in [5.74, 6) is 0.599. The second kappa shape index (κ2) is 4.70. The molecule has 0 radical (unpaired) electrons. The number of methoxy groups -OCH3 is 1. The van der Waals surface area contributed by atoms with Gasteiger partial charge in [-0.2, -0.15) is 4.98 Å². The van der Waals surface area contributed by atoms with E-state index in [9.17, 15) is 0 Å².